The van der Waals surface area contributed by atoms with Gasteiger partial charge in [0.05, 0.1) is 11.4 Å². The Hall–Kier alpha value is -1.31. The normalized spacial score (nSPS) is 10.6. The van der Waals surface area contributed by atoms with Gasteiger partial charge in [-0.05, 0) is 18.6 Å². The van der Waals surface area contributed by atoms with Gasteiger partial charge in [0.1, 0.15) is 0 Å². The van der Waals surface area contributed by atoms with E-state index in [0.29, 0.717) is 0 Å². The lowest BCUT2D eigenvalue weighted by Gasteiger charge is -1.96. The quantitative estimate of drug-likeness (QED) is 0.507. The first-order chi connectivity index (χ1) is 5.34. The van der Waals surface area contributed by atoms with Crippen LogP contribution in [-0.4, -0.2) is 6.21 Å². The summed E-state index contributed by atoms with van der Waals surface area (Å²) in [5.41, 5.74) is 7.24. The van der Waals surface area contributed by atoms with Crippen molar-refractivity contribution in [3.05, 3.63) is 24.3 Å². The van der Waals surface area contributed by atoms with E-state index in [1.54, 1.807) is 0 Å². The Morgan fingerprint density at radius 3 is 2.82 bits per heavy atom. The molecule has 0 aliphatic heterocycles. The molecular formula is C9H12N2. The third kappa shape index (κ3) is 2.08. The molecule has 58 valence electrons. The maximum Gasteiger partial charge on any atom is 0.0854 e. The minimum absolute atomic E-state index is 0.734. The third-order valence-corrected chi connectivity index (χ3v) is 1.35. The number of para-hydroxylation sites is 2. The Morgan fingerprint density at radius 1 is 1.45 bits per heavy atom. The molecule has 0 bridgehead atoms. The highest BCUT2D eigenvalue weighted by atomic mass is 14.8. The highest BCUT2D eigenvalue weighted by Gasteiger charge is 1.90. The molecule has 2 nitrogen and oxygen atoms in total. The predicted molar refractivity (Wildman–Crippen MR) is 49.3 cm³/mol. The van der Waals surface area contributed by atoms with Crippen LogP contribution in [0.5, 0.6) is 0 Å². The van der Waals surface area contributed by atoms with E-state index < -0.39 is 0 Å². The lowest BCUT2D eigenvalue weighted by molar-refractivity contribution is 1.31. The van der Waals surface area contributed by atoms with E-state index in [2.05, 4.69) is 4.99 Å². The molecule has 1 aromatic carbocycles. The summed E-state index contributed by atoms with van der Waals surface area (Å²) in [6, 6.07) is 7.59. The molecule has 1 rings (SSSR count). The van der Waals surface area contributed by atoms with Gasteiger partial charge in [-0.15, -0.1) is 0 Å². The number of nitrogen functional groups attached to an aromatic ring is 1. The van der Waals surface area contributed by atoms with E-state index in [-0.39, 0.29) is 0 Å². The lowest BCUT2D eigenvalue weighted by atomic mass is 10.3. The lowest BCUT2D eigenvalue weighted by Crippen LogP contribution is -1.83. The van der Waals surface area contributed by atoms with Crippen LogP contribution in [0.15, 0.2) is 29.3 Å². The van der Waals surface area contributed by atoms with Crippen molar-refractivity contribution >= 4 is 17.6 Å². The molecule has 0 saturated heterocycles. The minimum atomic E-state index is 0.734. The summed E-state index contributed by atoms with van der Waals surface area (Å²) in [5, 5.41) is 0. The van der Waals surface area contributed by atoms with Crippen molar-refractivity contribution < 1.29 is 0 Å². The monoisotopic (exact) mass is 148 g/mol. The van der Waals surface area contributed by atoms with Crippen LogP contribution in [0.3, 0.4) is 0 Å². The molecule has 0 aromatic heterocycles. The number of benzene rings is 1. The van der Waals surface area contributed by atoms with Crippen molar-refractivity contribution in [2.24, 2.45) is 4.99 Å². The van der Waals surface area contributed by atoms with Gasteiger partial charge in [-0.1, -0.05) is 19.1 Å². The number of rotatable bonds is 2. The number of anilines is 1. The van der Waals surface area contributed by atoms with Crippen molar-refractivity contribution in [2.45, 2.75) is 13.3 Å². The van der Waals surface area contributed by atoms with Gasteiger partial charge in [0.25, 0.3) is 0 Å². The largest absolute Gasteiger partial charge is 0.397 e. The van der Waals surface area contributed by atoms with Gasteiger partial charge in [0.15, 0.2) is 0 Å². The van der Waals surface area contributed by atoms with Crippen molar-refractivity contribution in [3.8, 4) is 0 Å². The Bertz CT molecular complexity index is 253. The van der Waals surface area contributed by atoms with Crippen molar-refractivity contribution in [1.29, 1.82) is 0 Å². The number of hydrogen-bond acceptors (Lipinski definition) is 2. The van der Waals surface area contributed by atoms with Gasteiger partial charge >= 0.3 is 0 Å². The second-order valence-electron chi connectivity index (χ2n) is 2.28. The van der Waals surface area contributed by atoms with Crippen LogP contribution in [0.4, 0.5) is 11.4 Å². The van der Waals surface area contributed by atoms with Crippen LogP contribution in [0.25, 0.3) is 0 Å². The fraction of sp³-hybridized carbons (Fsp3) is 0.222. The molecule has 0 fully saturated rings. The van der Waals surface area contributed by atoms with E-state index in [0.717, 1.165) is 17.8 Å². The molecule has 0 unspecified atom stereocenters. The number of nitrogens with two attached hydrogens (primary N) is 1. The van der Waals surface area contributed by atoms with Crippen LogP contribution >= 0.6 is 0 Å². The molecule has 0 atom stereocenters. The van der Waals surface area contributed by atoms with E-state index in [1.165, 1.54) is 0 Å². The maximum absolute atomic E-state index is 5.65. The SMILES string of the molecule is CC/C=N\c1ccccc1N. The number of nitrogens with zero attached hydrogens (tertiary/aromatic N) is 1. The van der Waals surface area contributed by atoms with E-state index in [1.807, 2.05) is 37.4 Å². The van der Waals surface area contributed by atoms with Crippen molar-refractivity contribution in [2.75, 3.05) is 5.73 Å². The molecule has 11 heavy (non-hydrogen) atoms. The zero-order valence-corrected chi connectivity index (χ0v) is 6.62. The summed E-state index contributed by atoms with van der Waals surface area (Å²) in [5.74, 6) is 0. The first-order valence-electron chi connectivity index (χ1n) is 3.71. The molecule has 1 aromatic rings. The molecule has 0 heterocycles. The van der Waals surface area contributed by atoms with Gasteiger partial charge in [-0.2, -0.15) is 0 Å². The van der Waals surface area contributed by atoms with Gasteiger partial charge in [0.2, 0.25) is 0 Å². The van der Waals surface area contributed by atoms with Gasteiger partial charge < -0.3 is 5.73 Å². The summed E-state index contributed by atoms with van der Waals surface area (Å²) in [4.78, 5) is 4.17. The summed E-state index contributed by atoms with van der Waals surface area (Å²) < 4.78 is 0. The highest BCUT2D eigenvalue weighted by molar-refractivity contribution is 5.70. The third-order valence-electron chi connectivity index (χ3n) is 1.35. The Labute approximate surface area is 66.8 Å². The predicted octanol–water partition coefficient (Wildman–Crippen LogP) is 2.38. The summed E-state index contributed by atoms with van der Waals surface area (Å²) in [6.45, 7) is 2.04. The van der Waals surface area contributed by atoms with Crippen molar-refractivity contribution in [1.82, 2.24) is 0 Å². The van der Waals surface area contributed by atoms with Crippen LogP contribution in [0.1, 0.15) is 13.3 Å². The Balaban J connectivity index is 2.86. The molecule has 0 saturated carbocycles. The molecule has 2 N–H and O–H groups in total. The molecule has 2 heteroatoms. The van der Waals surface area contributed by atoms with Gasteiger partial charge in [-0.25, -0.2) is 0 Å². The Morgan fingerprint density at radius 2 is 2.18 bits per heavy atom. The zero-order chi connectivity index (χ0) is 8.10. The Kier molecular flexibility index (Phi) is 2.66. The maximum atomic E-state index is 5.65. The summed E-state index contributed by atoms with van der Waals surface area (Å²) in [7, 11) is 0. The second-order valence-corrected chi connectivity index (χ2v) is 2.28. The molecule has 0 amide bonds. The standard InChI is InChI=1S/C9H12N2/c1-2-7-11-9-6-4-3-5-8(9)10/h3-7H,2,10H2,1H3/b11-7-. The second kappa shape index (κ2) is 3.76. The topological polar surface area (TPSA) is 38.4 Å². The van der Waals surface area contributed by atoms with Crippen LogP contribution in [0, 0.1) is 0 Å². The first kappa shape index (κ1) is 7.79. The highest BCUT2D eigenvalue weighted by Crippen LogP contribution is 2.19. The zero-order valence-electron chi connectivity index (χ0n) is 6.62. The average molecular weight is 148 g/mol. The first-order valence-corrected chi connectivity index (χ1v) is 3.71. The molecule has 0 spiro atoms. The van der Waals surface area contributed by atoms with E-state index in [4.69, 9.17) is 5.73 Å². The van der Waals surface area contributed by atoms with E-state index >= 15 is 0 Å². The van der Waals surface area contributed by atoms with E-state index in [9.17, 15) is 0 Å². The summed E-state index contributed by atoms with van der Waals surface area (Å²) in [6.07, 6.45) is 2.79. The molecule has 0 radical (unpaired) electrons. The van der Waals surface area contributed by atoms with Crippen LogP contribution in [0.2, 0.25) is 0 Å². The average Bonchev–Trinajstić information content (AvgIpc) is 2.03. The molecular weight excluding hydrogens is 136 g/mol. The fourth-order valence-electron chi connectivity index (χ4n) is 0.795. The van der Waals surface area contributed by atoms with Gasteiger partial charge in [-0.3, -0.25) is 4.99 Å². The summed E-state index contributed by atoms with van der Waals surface area (Å²) >= 11 is 0. The number of hydrogen-bond donors (Lipinski definition) is 1. The van der Waals surface area contributed by atoms with Crippen molar-refractivity contribution in [3.63, 3.8) is 0 Å². The minimum Gasteiger partial charge on any atom is -0.397 e. The molecule has 0 aliphatic rings. The van der Waals surface area contributed by atoms with Gasteiger partial charge in [0, 0.05) is 6.21 Å². The number of aliphatic imine (C=N–C) groups is 1. The fourth-order valence-corrected chi connectivity index (χ4v) is 0.795. The smallest absolute Gasteiger partial charge is 0.0854 e. The molecule has 0 aliphatic carbocycles. The van der Waals surface area contributed by atoms with Crippen LogP contribution < -0.4 is 5.73 Å². The van der Waals surface area contributed by atoms with Crippen LogP contribution in [-0.2, 0) is 0 Å².